The van der Waals surface area contributed by atoms with E-state index >= 15 is 0 Å². The van der Waals surface area contributed by atoms with Crippen LogP contribution in [0.3, 0.4) is 0 Å². The number of hydrogen-bond donors (Lipinski definition) is 3. The third-order valence-corrected chi connectivity index (χ3v) is 4.52. The third kappa shape index (κ3) is 3.59. The Morgan fingerprint density at radius 1 is 1.14 bits per heavy atom. The predicted octanol–water partition coefficient (Wildman–Crippen LogP) is 3.44. The van der Waals surface area contributed by atoms with Crippen molar-refractivity contribution < 1.29 is 19.0 Å². The zero-order chi connectivity index (χ0) is 20.5. The first kappa shape index (κ1) is 18.8. The number of imidazole rings is 1. The second-order valence-electron chi connectivity index (χ2n) is 6.53. The molecular formula is C20H17F2N5O2. The molecule has 0 bridgehead atoms. The largest absolute Gasteiger partial charge is 0.505 e. The highest BCUT2D eigenvalue weighted by molar-refractivity contribution is 5.61. The minimum atomic E-state index is -1.02. The lowest BCUT2D eigenvalue weighted by Gasteiger charge is -2.17. The smallest absolute Gasteiger partial charge is 0.168 e. The summed E-state index contributed by atoms with van der Waals surface area (Å²) in [7, 11) is 0. The van der Waals surface area contributed by atoms with E-state index in [1.54, 1.807) is 48.1 Å². The average molecular weight is 397 g/mol. The number of anilines is 1. The number of aromatic hydroxyl groups is 1. The molecule has 1 unspecified atom stereocenters. The second-order valence-corrected chi connectivity index (χ2v) is 6.53. The molecule has 0 saturated heterocycles. The fourth-order valence-corrected chi connectivity index (χ4v) is 3.05. The summed E-state index contributed by atoms with van der Waals surface area (Å²) >= 11 is 0. The summed E-state index contributed by atoms with van der Waals surface area (Å²) in [6.45, 7) is 1.54. The molecule has 3 heterocycles. The molecular weight excluding hydrogens is 380 g/mol. The van der Waals surface area contributed by atoms with Crippen LogP contribution in [0, 0.1) is 11.6 Å². The van der Waals surface area contributed by atoms with Crippen LogP contribution in [0.15, 0.2) is 48.8 Å². The summed E-state index contributed by atoms with van der Waals surface area (Å²) in [4.78, 5) is 8.60. The number of phenols is 1. The number of pyridine rings is 1. The molecule has 0 saturated carbocycles. The molecule has 9 heteroatoms. The summed E-state index contributed by atoms with van der Waals surface area (Å²) in [5, 5.41) is 26.7. The van der Waals surface area contributed by atoms with Crippen LogP contribution < -0.4 is 5.32 Å². The van der Waals surface area contributed by atoms with Gasteiger partial charge >= 0.3 is 0 Å². The number of fused-ring (bicyclic) bond motifs is 1. The highest BCUT2D eigenvalue weighted by Gasteiger charge is 2.17. The highest BCUT2D eigenvalue weighted by Crippen LogP contribution is 2.30. The van der Waals surface area contributed by atoms with E-state index in [0.717, 1.165) is 6.07 Å². The fourth-order valence-electron chi connectivity index (χ4n) is 3.05. The first-order valence-electron chi connectivity index (χ1n) is 8.81. The number of aliphatic hydroxyl groups excluding tert-OH is 1. The summed E-state index contributed by atoms with van der Waals surface area (Å²) in [5.74, 6) is -2.00. The number of phenolic OH excluding ortho intramolecular Hbond substituents is 1. The van der Waals surface area contributed by atoms with Gasteiger partial charge in [-0.3, -0.25) is 4.98 Å². The van der Waals surface area contributed by atoms with Crippen molar-refractivity contribution in [3.63, 3.8) is 0 Å². The maximum Gasteiger partial charge on any atom is 0.168 e. The molecule has 0 aliphatic carbocycles. The molecule has 7 nitrogen and oxygen atoms in total. The Bertz CT molecular complexity index is 1190. The van der Waals surface area contributed by atoms with Gasteiger partial charge in [-0.15, -0.1) is 5.10 Å². The lowest BCUT2D eigenvalue weighted by Crippen LogP contribution is -2.11. The molecule has 0 radical (unpaired) electrons. The monoisotopic (exact) mass is 397 g/mol. The molecule has 0 fully saturated rings. The quantitative estimate of drug-likeness (QED) is 0.478. The molecule has 4 aromatic rings. The molecule has 29 heavy (non-hydrogen) atoms. The first-order chi connectivity index (χ1) is 14.0. The summed E-state index contributed by atoms with van der Waals surface area (Å²) in [5.41, 5.74) is 2.57. The van der Waals surface area contributed by atoms with E-state index in [9.17, 15) is 19.0 Å². The predicted molar refractivity (Wildman–Crippen MR) is 102 cm³/mol. The first-order valence-corrected chi connectivity index (χ1v) is 8.81. The van der Waals surface area contributed by atoms with Gasteiger partial charge in [0.2, 0.25) is 0 Å². The lowest BCUT2D eigenvalue weighted by atomic mass is 10.1. The van der Waals surface area contributed by atoms with Crippen LogP contribution in [0.2, 0.25) is 0 Å². The van der Waals surface area contributed by atoms with Gasteiger partial charge in [-0.1, -0.05) is 0 Å². The summed E-state index contributed by atoms with van der Waals surface area (Å²) in [6, 6.07) is 7.93. The Kier molecular flexibility index (Phi) is 4.81. The third-order valence-electron chi connectivity index (χ3n) is 4.52. The van der Waals surface area contributed by atoms with E-state index in [4.69, 9.17) is 0 Å². The van der Waals surface area contributed by atoms with Crippen LogP contribution in [-0.2, 0) is 6.61 Å². The average Bonchev–Trinajstić information content (AvgIpc) is 3.14. The van der Waals surface area contributed by atoms with E-state index in [0.29, 0.717) is 34.5 Å². The zero-order valence-electron chi connectivity index (χ0n) is 15.3. The fraction of sp³-hybridized carbons (Fsp3) is 0.150. The number of nitrogens with zero attached hydrogens (tertiary/aromatic N) is 4. The molecule has 1 atom stereocenters. The second kappa shape index (κ2) is 7.44. The van der Waals surface area contributed by atoms with E-state index in [-0.39, 0.29) is 12.2 Å². The van der Waals surface area contributed by atoms with Crippen LogP contribution in [0.1, 0.15) is 24.1 Å². The van der Waals surface area contributed by atoms with Crippen LogP contribution >= 0.6 is 0 Å². The lowest BCUT2D eigenvalue weighted by molar-refractivity contribution is 0.282. The maximum absolute atomic E-state index is 13.6. The number of aromatic nitrogens is 4. The molecule has 148 valence electrons. The SMILES string of the molecule is CC(Nc1ccc2ncc(-c3cc(CO)ccn3)n2n1)c1cc(F)cc(F)c1O. The molecule has 1 aromatic carbocycles. The van der Waals surface area contributed by atoms with Crippen molar-refractivity contribution in [2.24, 2.45) is 0 Å². The Morgan fingerprint density at radius 3 is 2.76 bits per heavy atom. The van der Waals surface area contributed by atoms with Gasteiger partial charge in [0.05, 0.1) is 24.5 Å². The van der Waals surface area contributed by atoms with Gasteiger partial charge in [-0.25, -0.2) is 18.3 Å². The van der Waals surface area contributed by atoms with Crippen LogP contribution in [-0.4, -0.2) is 29.8 Å². The molecule has 4 rings (SSSR count). The Morgan fingerprint density at radius 2 is 1.97 bits per heavy atom. The number of aliphatic hydroxyl groups is 1. The van der Waals surface area contributed by atoms with Gasteiger partial charge in [-0.05, 0) is 42.8 Å². The van der Waals surface area contributed by atoms with Gasteiger partial charge in [0.1, 0.15) is 17.3 Å². The number of halogens is 2. The van der Waals surface area contributed by atoms with E-state index < -0.39 is 23.4 Å². The van der Waals surface area contributed by atoms with Gasteiger partial charge < -0.3 is 15.5 Å². The topological polar surface area (TPSA) is 95.6 Å². The maximum atomic E-state index is 13.6. The van der Waals surface area contributed by atoms with Crippen molar-refractivity contribution >= 4 is 11.5 Å². The van der Waals surface area contributed by atoms with Crippen LogP contribution in [0.4, 0.5) is 14.6 Å². The van der Waals surface area contributed by atoms with Gasteiger partial charge in [0, 0.05) is 17.8 Å². The zero-order valence-corrected chi connectivity index (χ0v) is 15.3. The molecule has 0 aliphatic heterocycles. The Labute approximate surface area is 164 Å². The summed E-state index contributed by atoms with van der Waals surface area (Å²) in [6.07, 6.45) is 3.21. The standard InChI is InChI=1S/C20H17F2N5O2/c1-11(14-7-13(21)8-15(22)20(14)29)25-18-2-3-19-24-9-17(27(19)26-18)16-6-12(10-28)4-5-23-16/h2-9,11,28-29H,10H2,1H3,(H,25,26). The van der Waals surface area contributed by atoms with Crippen molar-refractivity contribution in [1.29, 1.82) is 0 Å². The van der Waals surface area contributed by atoms with E-state index in [2.05, 4.69) is 20.4 Å². The van der Waals surface area contributed by atoms with Crippen molar-refractivity contribution in [3.05, 3.63) is 71.6 Å². The van der Waals surface area contributed by atoms with Crippen molar-refractivity contribution in [2.75, 3.05) is 5.32 Å². The molecule has 3 N–H and O–H groups in total. The van der Waals surface area contributed by atoms with Gasteiger partial charge in [0.25, 0.3) is 0 Å². The van der Waals surface area contributed by atoms with Crippen molar-refractivity contribution in [1.82, 2.24) is 19.6 Å². The van der Waals surface area contributed by atoms with Gasteiger partial charge in [-0.2, -0.15) is 0 Å². The number of rotatable bonds is 5. The van der Waals surface area contributed by atoms with E-state index in [1.807, 2.05) is 0 Å². The normalized spacial score (nSPS) is 12.3. The number of nitrogens with one attached hydrogen (secondary N) is 1. The Hall–Kier alpha value is -3.59. The highest BCUT2D eigenvalue weighted by atomic mass is 19.1. The van der Waals surface area contributed by atoms with E-state index in [1.165, 1.54) is 0 Å². The van der Waals surface area contributed by atoms with Crippen molar-refractivity contribution in [2.45, 2.75) is 19.6 Å². The number of hydrogen-bond acceptors (Lipinski definition) is 6. The molecule has 0 amide bonds. The minimum Gasteiger partial charge on any atom is -0.505 e. The summed E-state index contributed by atoms with van der Waals surface area (Å²) < 4.78 is 28.8. The molecule has 0 aliphatic rings. The van der Waals surface area contributed by atoms with Gasteiger partial charge in [0.15, 0.2) is 17.2 Å². The molecule has 0 spiro atoms. The Balaban J connectivity index is 1.69. The van der Waals surface area contributed by atoms with Crippen molar-refractivity contribution in [3.8, 4) is 17.1 Å². The van der Waals surface area contributed by atoms with Crippen LogP contribution in [0.25, 0.3) is 17.0 Å². The molecule has 3 aromatic heterocycles. The number of benzene rings is 1. The van der Waals surface area contributed by atoms with Crippen LogP contribution in [0.5, 0.6) is 5.75 Å². The minimum absolute atomic E-state index is 0.0764.